The SMILES string of the molecule is CCCc1ccc(Cc2cccc(C(=O)Cl)c2)cc1C. The van der Waals surface area contributed by atoms with Crippen LogP contribution in [0.1, 0.15) is 46.0 Å². The lowest BCUT2D eigenvalue weighted by atomic mass is 9.97. The van der Waals surface area contributed by atoms with Crippen molar-refractivity contribution in [2.45, 2.75) is 33.1 Å². The Labute approximate surface area is 125 Å². The highest BCUT2D eigenvalue weighted by Crippen LogP contribution is 2.17. The lowest BCUT2D eigenvalue weighted by Crippen LogP contribution is -1.95. The van der Waals surface area contributed by atoms with Crippen LogP contribution in [0.15, 0.2) is 42.5 Å². The third-order valence-electron chi connectivity index (χ3n) is 3.49. The maximum atomic E-state index is 11.2. The molecule has 0 N–H and O–H groups in total. The average Bonchev–Trinajstić information content (AvgIpc) is 2.42. The topological polar surface area (TPSA) is 17.1 Å². The van der Waals surface area contributed by atoms with E-state index in [0.717, 1.165) is 18.4 Å². The van der Waals surface area contributed by atoms with Crippen LogP contribution in [-0.4, -0.2) is 5.24 Å². The first-order valence-electron chi connectivity index (χ1n) is 6.97. The molecule has 0 fully saturated rings. The minimum atomic E-state index is -0.402. The van der Waals surface area contributed by atoms with Crippen molar-refractivity contribution in [3.8, 4) is 0 Å². The molecule has 0 saturated carbocycles. The molecule has 2 aromatic rings. The van der Waals surface area contributed by atoms with Gasteiger partial charge in [0.15, 0.2) is 0 Å². The van der Waals surface area contributed by atoms with E-state index >= 15 is 0 Å². The summed E-state index contributed by atoms with van der Waals surface area (Å²) in [5.74, 6) is 0. The highest BCUT2D eigenvalue weighted by atomic mass is 35.5. The van der Waals surface area contributed by atoms with Crippen LogP contribution >= 0.6 is 11.6 Å². The largest absolute Gasteiger partial charge is 0.276 e. The molecule has 0 aliphatic rings. The van der Waals surface area contributed by atoms with E-state index in [0.29, 0.717) is 5.56 Å². The summed E-state index contributed by atoms with van der Waals surface area (Å²) < 4.78 is 0. The highest BCUT2D eigenvalue weighted by molar-refractivity contribution is 6.67. The summed E-state index contributed by atoms with van der Waals surface area (Å²) in [6, 6.07) is 14.1. The summed E-state index contributed by atoms with van der Waals surface area (Å²) in [4.78, 5) is 11.2. The number of hydrogen-bond donors (Lipinski definition) is 0. The van der Waals surface area contributed by atoms with Crippen LogP contribution in [-0.2, 0) is 12.8 Å². The van der Waals surface area contributed by atoms with Crippen LogP contribution in [0.25, 0.3) is 0 Å². The van der Waals surface area contributed by atoms with Gasteiger partial charge in [0.25, 0.3) is 5.24 Å². The summed E-state index contributed by atoms with van der Waals surface area (Å²) in [5, 5.41) is -0.402. The van der Waals surface area contributed by atoms with Crippen LogP contribution in [0.5, 0.6) is 0 Å². The monoisotopic (exact) mass is 286 g/mol. The molecule has 0 atom stereocenters. The molecule has 2 aromatic carbocycles. The van der Waals surface area contributed by atoms with Gasteiger partial charge < -0.3 is 0 Å². The Hall–Kier alpha value is -1.60. The molecule has 1 nitrogen and oxygen atoms in total. The van der Waals surface area contributed by atoms with E-state index in [1.807, 2.05) is 18.2 Å². The van der Waals surface area contributed by atoms with Crippen molar-refractivity contribution in [1.82, 2.24) is 0 Å². The van der Waals surface area contributed by atoms with Gasteiger partial charge in [-0.3, -0.25) is 4.79 Å². The van der Waals surface area contributed by atoms with Gasteiger partial charge in [-0.05, 0) is 59.7 Å². The van der Waals surface area contributed by atoms with Crippen molar-refractivity contribution >= 4 is 16.8 Å². The number of hydrogen-bond acceptors (Lipinski definition) is 1. The van der Waals surface area contributed by atoms with Crippen molar-refractivity contribution in [1.29, 1.82) is 0 Å². The predicted octanol–water partition coefficient (Wildman–Crippen LogP) is 4.92. The fraction of sp³-hybridized carbons (Fsp3) is 0.278. The number of aryl methyl sites for hydroxylation is 2. The fourth-order valence-corrected chi connectivity index (χ4v) is 2.57. The molecular weight excluding hydrogens is 268 g/mol. The van der Waals surface area contributed by atoms with Gasteiger partial charge in [-0.15, -0.1) is 0 Å². The molecule has 2 rings (SSSR count). The fourth-order valence-electron chi connectivity index (χ4n) is 2.46. The Morgan fingerprint density at radius 3 is 2.50 bits per heavy atom. The number of rotatable bonds is 5. The summed E-state index contributed by atoms with van der Waals surface area (Å²) >= 11 is 5.52. The van der Waals surface area contributed by atoms with Crippen LogP contribution in [0.2, 0.25) is 0 Å². The number of benzene rings is 2. The van der Waals surface area contributed by atoms with Crippen molar-refractivity contribution in [2.75, 3.05) is 0 Å². The van der Waals surface area contributed by atoms with E-state index in [1.54, 1.807) is 6.07 Å². The Balaban J connectivity index is 2.19. The lowest BCUT2D eigenvalue weighted by molar-refractivity contribution is 0.108. The van der Waals surface area contributed by atoms with Gasteiger partial charge in [-0.1, -0.05) is 49.7 Å². The normalized spacial score (nSPS) is 10.6. The van der Waals surface area contributed by atoms with Gasteiger partial charge in [0.1, 0.15) is 0 Å². The molecule has 0 bridgehead atoms. The molecule has 0 aliphatic heterocycles. The molecule has 0 spiro atoms. The molecule has 0 aliphatic carbocycles. The smallest absolute Gasteiger partial charge is 0.252 e. The van der Waals surface area contributed by atoms with Crippen molar-refractivity contribution < 1.29 is 4.79 Å². The number of carbonyl (C=O) groups excluding carboxylic acids is 1. The Morgan fingerprint density at radius 1 is 1.10 bits per heavy atom. The third kappa shape index (κ3) is 3.71. The van der Waals surface area contributed by atoms with E-state index in [4.69, 9.17) is 11.6 Å². The molecule has 0 unspecified atom stereocenters. The van der Waals surface area contributed by atoms with Crippen LogP contribution < -0.4 is 0 Å². The van der Waals surface area contributed by atoms with E-state index in [-0.39, 0.29) is 0 Å². The molecule has 0 saturated heterocycles. The highest BCUT2D eigenvalue weighted by Gasteiger charge is 2.04. The maximum Gasteiger partial charge on any atom is 0.252 e. The standard InChI is InChI=1S/C18H19ClO/c1-3-5-16-9-8-15(10-13(16)2)11-14-6-4-7-17(12-14)18(19)20/h4,6-10,12H,3,5,11H2,1-2H3. The number of halogens is 1. The lowest BCUT2D eigenvalue weighted by Gasteiger charge is -2.08. The van der Waals surface area contributed by atoms with Crippen LogP contribution in [0.3, 0.4) is 0 Å². The quantitative estimate of drug-likeness (QED) is 0.713. The Kier molecular flexibility index (Phi) is 4.97. The summed E-state index contributed by atoms with van der Waals surface area (Å²) in [6.07, 6.45) is 3.12. The first-order chi connectivity index (χ1) is 9.60. The maximum absolute atomic E-state index is 11.2. The Morgan fingerprint density at radius 2 is 1.85 bits per heavy atom. The molecule has 104 valence electrons. The first kappa shape index (κ1) is 14.8. The second kappa shape index (κ2) is 6.71. The van der Waals surface area contributed by atoms with Gasteiger partial charge in [-0.25, -0.2) is 0 Å². The second-order valence-electron chi connectivity index (χ2n) is 5.16. The van der Waals surface area contributed by atoms with E-state index < -0.39 is 5.24 Å². The van der Waals surface area contributed by atoms with Gasteiger partial charge in [0.05, 0.1) is 0 Å². The van der Waals surface area contributed by atoms with Crippen LogP contribution in [0.4, 0.5) is 0 Å². The molecular formula is C18H19ClO. The molecule has 0 radical (unpaired) electrons. The van der Waals surface area contributed by atoms with Crippen LogP contribution in [0, 0.1) is 6.92 Å². The Bertz CT molecular complexity index is 617. The van der Waals surface area contributed by atoms with Gasteiger partial charge in [-0.2, -0.15) is 0 Å². The molecule has 0 heterocycles. The van der Waals surface area contributed by atoms with Crippen molar-refractivity contribution in [3.63, 3.8) is 0 Å². The zero-order valence-electron chi connectivity index (χ0n) is 11.9. The van der Waals surface area contributed by atoms with Gasteiger partial charge in [0, 0.05) is 5.56 Å². The zero-order valence-corrected chi connectivity index (χ0v) is 12.7. The third-order valence-corrected chi connectivity index (χ3v) is 3.71. The van der Waals surface area contributed by atoms with E-state index in [2.05, 4.69) is 32.0 Å². The predicted molar refractivity (Wildman–Crippen MR) is 84.6 cm³/mol. The van der Waals surface area contributed by atoms with E-state index in [1.165, 1.54) is 23.1 Å². The first-order valence-corrected chi connectivity index (χ1v) is 7.35. The van der Waals surface area contributed by atoms with E-state index in [9.17, 15) is 4.79 Å². The minimum absolute atomic E-state index is 0.402. The summed E-state index contributed by atoms with van der Waals surface area (Å²) in [6.45, 7) is 4.36. The molecule has 0 amide bonds. The van der Waals surface area contributed by atoms with Crippen molar-refractivity contribution in [2.24, 2.45) is 0 Å². The van der Waals surface area contributed by atoms with Gasteiger partial charge >= 0.3 is 0 Å². The number of carbonyl (C=O) groups is 1. The minimum Gasteiger partial charge on any atom is -0.276 e. The summed E-state index contributed by atoms with van der Waals surface area (Å²) in [5.41, 5.74) is 5.69. The second-order valence-corrected chi connectivity index (χ2v) is 5.50. The van der Waals surface area contributed by atoms with Crippen molar-refractivity contribution in [3.05, 3.63) is 70.3 Å². The molecule has 20 heavy (non-hydrogen) atoms. The average molecular weight is 287 g/mol. The summed E-state index contributed by atoms with van der Waals surface area (Å²) in [7, 11) is 0. The zero-order chi connectivity index (χ0) is 14.5. The van der Waals surface area contributed by atoms with Gasteiger partial charge in [0.2, 0.25) is 0 Å². The molecule has 0 aromatic heterocycles. The molecule has 2 heteroatoms.